The fourth-order valence-corrected chi connectivity index (χ4v) is 4.66. The zero-order valence-corrected chi connectivity index (χ0v) is 21.0. The summed E-state index contributed by atoms with van der Waals surface area (Å²) in [5.74, 6) is -1.80. The molecule has 2 aliphatic heterocycles. The molecule has 1 amide bonds. The minimum absolute atomic E-state index is 0.0899. The molecule has 1 saturated heterocycles. The molecule has 0 bridgehead atoms. The molecule has 0 saturated carbocycles. The second-order valence-electron chi connectivity index (χ2n) is 8.18. The summed E-state index contributed by atoms with van der Waals surface area (Å²) in [4.78, 5) is 19.4. The fraction of sp³-hybridized carbons (Fsp3) is 0.375. The zero-order chi connectivity index (χ0) is 26.0. The van der Waals surface area contributed by atoms with Crippen LogP contribution >= 0.6 is 12.2 Å². The van der Waals surface area contributed by atoms with Crippen LogP contribution in [0.1, 0.15) is 12.5 Å². The van der Waals surface area contributed by atoms with Crippen molar-refractivity contribution < 1.29 is 27.8 Å². The number of hydrogen-bond donors (Lipinski definition) is 2. The Bertz CT molecular complexity index is 1170. The number of nitrogens with zero attached hydrogens (tertiary/aromatic N) is 3. The Kier molecular flexibility index (Phi) is 7.55. The molecule has 0 radical (unpaired) electrons. The van der Waals surface area contributed by atoms with Crippen LogP contribution in [0.3, 0.4) is 0 Å². The Balaban J connectivity index is 1.65. The van der Waals surface area contributed by atoms with Gasteiger partial charge in [-0.15, -0.1) is 0 Å². The Morgan fingerprint density at radius 2 is 1.92 bits per heavy atom. The number of anilines is 3. The van der Waals surface area contributed by atoms with Crippen molar-refractivity contribution in [3.05, 3.63) is 48.2 Å². The van der Waals surface area contributed by atoms with E-state index in [1.165, 1.54) is 25.2 Å². The molecule has 2 N–H and O–H groups in total. The molecule has 36 heavy (non-hydrogen) atoms. The summed E-state index contributed by atoms with van der Waals surface area (Å²) in [5.41, 5.74) is 1.12. The van der Waals surface area contributed by atoms with Crippen LogP contribution in [0.15, 0.2) is 31.0 Å². The van der Waals surface area contributed by atoms with Gasteiger partial charge in [0.15, 0.2) is 28.2 Å². The summed E-state index contributed by atoms with van der Waals surface area (Å²) >= 11 is 5.67. The van der Waals surface area contributed by atoms with E-state index in [-0.39, 0.29) is 46.8 Å². The highest BCUT2D eigenvalue weighted by atomic mass is 32.1. The summed E-state index contributed by atoms with van der Waals surface area (Å²) in [6.45, 7) is 6.65. The van der Waals surface area contributed by atoms with Crippen molar-refractivity contribution in [2.75, 3.05) is 49.1 Å². The molecule has 1 fully saturated rings. The summed E-state index contributed by atoms with van der Waals surface area (Å²) in [5, 5.41) is 6.36. The third-order valence-electron chi connectivity index (χ3n) is 6.11. The van der Waals surface area contributed by atoms with Crippen molar-refractivity contribution >= 4 is 40.4 Å². The number of carbonyl (C=O) groups is 1. The Morgan fingerprint density at radius 3 is 2.53 bits per heavy atom. The van der Waals surface area contributed by atoms with E-state index >= 15 is 8.78 Å². The molecule has 0 spiro atoms. The van der Waals surface area contributed by atoms with Crippen molar-refractivity contribution in [1.29, 1.82) is 0 Å². The van der Waals surface area contributed by atoms with E-state index in [0.717, 1.165) is 17.3 Å². The lowest BCUT2D eigenvalue weighted by molar-refractivity contribution is -0.117. The van der Waals surface area contributed by atoms with Gasteiger partial charge in [0.05, 0.1) is 51.7 Å². The van der Waals surface area contributed by atoms with Gasteiger partial charge in [-0.05, 0) is 25.2 Å². The Labute approximate surface area is 213 Å². The Morgan fingerprint density at radius 1 is 1.25 bits per heavy atom. The molecule has 4 rings (SSSR count). The quantitative estimate of drug-likeness (QED) is 0.404. The molecular weight excluding hydrogens is 492 g/mol. The summed E-state index contributed by atoms with van der Waals surface area (Å²) in [6, 6.07) is 2.53. The van der Waals surface area contributed by atoms with E-state index in [2.05, 4.69) is 22.2 Å². The monoisotopic (exact) mass is 519 g/mol. The number of pyridine rings is 1. The molecule has 3 heterocycles. The number of nitrogens with one attached hydrogen (secondary N) is 2. The van der Waals surface area contributed by atoms with Gasteiger partial charge in [-0.2, -0.15) is 0 Å². The third-order valence-corrected chi connectivity index (χ3v) is 6.55. The number of amides is 1. The van der Waals surface area contributed by atoms with Gasteiger partial charge in [-0.3, -0.25) is 4.79 Å². The predicted molar refractivity (Wildman–Crippen MR) is 136 cm³/mol. The van der Waals surface area contributed by atoms with Crippen LogP contribution < -0.4 is 29.9 Å². The van der Waals surface area contributed by atoms with Gasteiger partial charge in [0.1, 0.15) is 11.5 Å². The molecule has 12 heteroatoms. The lowest BCUT2D eigenvalue weighted by Crippen LogP contribution is -2.48. The van der Waals surface area contributed by atoms with Gasteiger partial charge in [0, 0.05) is 30.4 Å². The largest absolute Gasteiger partial charge is 0.493 e. The van der Waals surface area contributed by atoms with Crippen molar-refractivity contribution in [3.63, 3.8) is 0 Å². The Hall–Kier alpha value is -3.51. The van der Waals surface area contributed by atoms with Gasteiger partial charge >= 0.3 is 0 Å². The van der Waals surface area contributed by atoms with Crippen LogP contribution in [-0.2, 0) is 16.1 Å². The number of fused-ring (bicyclic) bond motifs is 1. The summed E-state index contributed by atoms with van der Waals surface area (Å²) < 4.78 is 46.2. The number of benzene rings is 1. The number of carbonyl (C=O) groups excluding carboxylic acids is 1. The van der Waals surface area contributed by atoms with Gasteiger partial charge in [-0.1, -0.05) is 6.58 Å². The summed E-state index contributed by atoms with van der Waals surface area (Å²) in [7, 11) is 2.59. The molecule has 2 aromatic rings. The van der Waals surface area contributed by atoms with E-state index in [1.807, 2.05) is 13.0 Å². The van der Waals surface area contributed by atoms with Gasteiger partial charge in [0.2, 0.25) is 5.91 Å². The average Bonchev–Trinajstić information content (AvgIpc) is 3.30. The van der Waals surface area contributed by atoms with E-state index in [0.29, 0.717) is 25.6 Å². The highest BCUT2D eigenvalue weighted by Gasteiger charge is 2.35. The van der Waals surface area contributed by atoms with Crippen LogP contribution in [0.5, 0.6) is 11.5 Å². The maximum atomic E-state index is 15.2. The third kappa shape index (κ3) is 4.65. The van der Waals surface area contributed by atoms with E-state index in [4.69, 9.17) is 26.4 Å². The van der Waals surface area contributed by atoms with Crippen molar-refractivity contribution in [2.45, 2.75) is 25.6 Å². The molecule has 2 aliphatic rings. The number of methoxy groups -OCH3 is 2. The zero-order valence-electron chi connectivity index (χ0n) is 20.1. The maximum Gasteiger partial charge on any atom is 0.243 e. The first kappa shape index (κ1) is 25.6. The van der Waals surface area contributed by atoms with Crippen LogP contribution in [0.25, 0.3) is 0 Å². The molecule has 9 nitrogen and oxygen atoms in total. The molecule has 192 valence electrons. The van der Waals surface area contributed by atoms with Crippen LogP contribution in [0, 0.1) is 11.6 Å². The van der Waals surface area contributed by atoms with Crippen molar-refractivity contribution in [3.8, 4) is 11.5 Å². The molecule has 2 atom stereocenters. The first-order chi connectivity index (χ1) is 17.3. The topological polar surface area (TPSA) is 88.2 Å². The van der Waals surface area contributed by atoms with E-state index < -0.39 is 11.6 Å². The van der Waals surface area contributed by atoms with Crippen molar-refractivity contribution in [1.82, 2.24) is 10.3 Å². The molecule has 1 aromatic heterocycles. The maximum absolute atomic E-state index is 15.2. The van der Waals surface area contributed by atoms with Crippen LogP contribution in [0.4, 0.5) is 26.0 Å². The predicted octanol–water partition coefficient (Wildman–Crippen LogP) is 2.99. The smallest absolute Gasteiger partial charge is 0.243 e. The highest BCUT2D eigenvalue weighted by molar-refractivity contribution is 7.80. The molecule has 0 aliphatic carbocycles. The molecular formula is C24H27F2N5O4S. The number of aromatic nitrogens is 1. The lowest BCUT2D eigenvalue weighted by Gasteiger charge is -2.39. The minimum Gasteiger partial charge on any atom is -0.493 e. The number of hydrogen-bond acceptors (Lipinski definition) is 7. The molecule has 1 aromatic carbocycles. The second-order valence-corrected chi connectivity index (χ2v) is 8.54. The molecule has 0 unspecified atom stereocenters. The highest BCUT2D eigenvalue weighted by Crippen LogP contribution is 2.41. The van der Waals surface area contributed by atoms with E-state index in [1.54, 1.807) is 11.1 Å². The fourth-order valence-electron chi connectivity index (χ4n) is 4.27. The van der Waals surface area contributed by atoms with Crippen LogP contribution in [-0.4, -0.2) is 62.1 Å². The first-order valence-electron chi connectivity index (χ1n) is 11.3. The van der Waals surface area contributed by atoms with Gasteiger partial charge in [0.25, 0.3) is 0 Å². The summed E-state index contributed by atoms with van der Waals surface area (Å²) in [6.07, 6.45) is 2.84. The van der Waals surface area contributed by atoms with Gasteiger partial charge < -0.3 is 34.6 Å². The van der Waals surface area contributed by atoms with Crippen molar-refractivity contribution in [2.24, 2.45) is 0 Å². The normalized spacial score (nSPS) is 19.1. The number of thiocarbonyl (C=S) groups is 1. The number of ether oxygens (including phenoxy) is 3. The van der Waals surface area contributed by atoms with E-state index in [9.17, 15) is 4.79 Å². The standard InChI is InChI=1S/C24H27F2N5O4S/c1-5-20(32)29-15-12-35-11-14(15)28-19-7-16-13(9-27-19)10-31(24(36)30(16)6-2)23-21(25)17(33-3)8-18(34-4)22(23)26/h5,7-9,14-15H,1,6,10-12H2,2-4H3,(H,27,28)(H,29,32)/t14-,15+/m1/s1. The minimum atomic E-state index is -0.877. The van der Waals surface area contributed by atoms with Crippen LogP contribution in [0.2, 0.25) is 0 Å². The number of halogens is 2. The number of rotatable bonds is 8. The average molecular weight is 520 g/mol. The lowest BCUT2D eigenvalue weighted by atomic mass is 10.1. The SMILES string of the molecule is C=CC(=O)N[C@H]1COC[C@H]1Nc1cc2c(cn1)CN(c1c(F)c(OC)cc(OC)c1F)C(=S)N2CC. The second kappa shape index (κ2) is 10.6. The first-order valence-corrected chi connectivity index (χ1v) is 11.7. The van der Waals surface area contributed by atoms with Gasteiger partial charge in [-0.25, -0.2) is 13.8 Å².